The number of benzene rings is 1. The molecule has 1 unspecified atom stereocenters. The molecule has 0 aliphatic rings. The maximum Gasteiger partial charge on any atom is 0.137 e. The van der Waals surface area contributed by atoms with E-state index >= 15 is 0 Å². The van der Waals surface area contributed by atoms with Crippen LogP contribution in [0.2, 0.25) is 0 Å². The molecule has 0 aliphatic carbocycles. The van der Waals surface area contributed by atoms with E-state index in [0.29, 0.717) is 12.4 Å². The SMILES string of the molecule is COc1ccc2ncnc(NCC(C)O)c2c1. The average Bonchev–Trinajstić information content (AvgIpc) is 2.35. The third-order valence-electron chi connectivity index (χ3n) is 2.41. The van der Waals surface area contributed by atoms with Gasteiger partial charge < -0.3 is 15.2 Å². The van der Waals surface area contributed by atoms with Gasteiger partial charge in [-0.1, -0.05) is 0 Å². The van der Waals surface area contributed by atoms with Gasteiger partial charge in [0.2, 0.25) is 0 Å². The van der Waals surface area contributed by atoms with Gasteiger partial charge in [-0.15, -0.1) is 0 Å². The molecular formula is C12H15N3O2. The van der Waals surface area contributed by atoms with Gasteiger partial charge in [-0.3, -0.25) is 0 Å². The Morgan fingerprint density at radius 1 is 1.41 bits per heavy atom. The maximum atomic E-state index is 9.26. The predicted octanol–water partition coefficient (Wildman–Crippen LogP) is 1.43. The van der Waals surface area contributed by atoms with Gasteiger partial charge in [0, 0.05) is 11.9 Å². The molecule has 1 atom stereocenters. The summed E-state index contributed by atoms with van der Waals surface area (Å²) in [5.74, 6) is 1.46. The second-order valence-corrected chi connectivity index (χ2v) is 3.84. The molecule has 0 aliphatic heterocycles. The topological polar surface area (TPSA) is 67.3 Å². The third kappa shape index (κ3) is 2.62. The average molecular weight is 233 g/mol. The quantitative estimate of drug-likeness (QED) is 0.836. The van der Waals surface area contributed by atoms with Crippen molar-refractivity contribution < 1.29 is 9.84 Å². The van der Waals surface area contributed by atoms with Crippen molar-refractivity contribution in [2.45, 2.75) is 13.0 Å². The van der Waals surface area contributed by atoms with Crippen molar-refractivity contribution in [1.82, 2.24) is 9.97 Å². The van der Waals surface area contributed by atoms with Gasteiger partial charge >= 0.3 is 0 Å². The lowest BCUT2D eigenvalue weighted by Crippen LogP contribution is -2.16. The van der Waals surface area contributed by atoms with Crippen molar-refractivity contribution in [3.05, 3.63) is 24.5 Å². The Bertz CT molecular complexity index is 514. The Morgan fingerprint density at radius 2 is 2.24 bits per heavy atom. The van der Waals surface area contributed by atoms with Gasteiger partial charge in [0.15, 0.2) is 0 Å². The number of ether oxygens (including phenoxy) is 1. The van der Waals surface area contributed by atoms with E-state index in [0.717, 1.165) is 16.7 Å². The molecule has 1 heterocycles. The van der Waals surface area contributed by atoms with Gasteiger partial charge in [-0.05, 0) is 25.1 Å². The second-order valence-electron chi connectivity index (χ2n) is 3.84. The molecule has 2 rings (SSSR count). The van der Waals surface area contributed by atoms with E-state index in [1.807, 2.05) is 18.2 Å². The summed E-state index contributed by atoms with van der Waals surface area (Å²) in [5, 5.41) is 13.2. The number of aliphatic hydroxyl groups excluding tert-OH is 1. The Labute approximate surface area is 99.5 Å². The molecule has 1 aromatic carbocycles. The van der Waals surface area contributed by atoms with Crippen LogP contribution in [0.1, 0.15) is 6.92 Å². The van der Waals surface area contributed by atoms with Gasteiger partial charge in [-0.2, -0.15) is 0 Å². The molecule has 2 N–H and O–H groups in total. The highest BCUT2D eigenvalue weighted by Crippen LogP contribution is 2.23. The Hall–Kier alpha value is -1.88. The van der Waals surface area contributed by atoms with Gasteiger partial charge in [0.25, 0.3) is 0 Å². The van der Waals surface area contributed by atoms with Gasteiger partial charge in [0.1, 0.15) is 17.9 Å². The van der Waals surface area contributed by atoms with E-state index in [4.69, 9.17) is 4.74 Å². The summed E-state index contributed by atoms with van der Waals surface area (Å²) in [4.78, 5) is 8.34. The van der Waals surface area contributed by atoms with E-state index in [-0.39, 0.29) is 0 Å². The number of hydrogen-bond acceptors (Lipinski definition) is 5. The summed E-state index contributed by atoms with van der Waals surface area (Å²) in [6.07, 6.45) is 1.07. The Morgan fingerprint density at radius 3 is 2.94 bits per heavy atom. The lowest BCUT2D eigenvalue weighted by molar-refractivity contribution is 0.208. The third-order valence-corrected chi connectivity index (χ3v) is 2.41. The smallest absolute Gasteiger partial charge is 0.137 e. The first kappa shape index (κ1) is 11.6. The van der Waals surface area contributed by atoms with Gasteiger partial charge in [0.05, 0.1) is 18.7 Å². The molecule has 5 nitrogen and oxygen atoms in total. The van der Waals surface area contributed by atoms with Crippen molar-refractivity contribution in [3.63, 3.8) is 0 Å². The van der Waals surface area contributed by atoms with E-state index in [1.54, 1.807) is 14.0 Å². The Balaban J connectivity index is 2.39. The fraction of sp³-hybridized carbons (Fsp3) is 0.333. The fourth-order valence-electron chi connectivity index (χ4n) is 1.55. The maximum absolute atomic E-state index is 9.26. The number of anilines is 1. The molecule has 90 valence electrons. The first-order valence-electron chi connectivity index (χ1n) is 5.41. The van der Waals surface area contributed by atoms with Crippen molar-refractivity contribution >= 4 is 16.7 Å². The molecule has 0 spiro atoms. The monoisotopic (exact) mass is 233 g/mol. The van der Waals surface area contributed by atoms with Crippen molar-refractivity contribution in [1.29, 1.82) is 0 Å². The van der Waals surface area contributed by atoms with E-state index in [9.17, 15) is 5.11 Å². The summed E-state index contributed by atoms with van der Waals surface area (Å²) in [6, 6.07) is 5.61. The number of nitrogens with zero attached hydrogens (tertiary/aromatic N) is 2. The number of hydrogen-bond donors (Lipinski definition) is 2. The van der Waals surface area contributed by atoms with E-state index in [1.165, 1.54) is 6.33 Å². The lowest BCUT2D eigenvalue weighted by atomic mass is 10.2. The highest BCUT2D eigenvalue weighted by molar-refractivity contribution is 5.89. The second kappa shape index (κ2) is 4.97. The molecule has 0 bridgehead atoms. The highest BCUT2D eigenvalue weighted by Gasteiger charge is 2.05. The summed E-state index contributed by atoms with van der Waals surface area (Å²) < 4.78 is 5.17. The molecule has 0 radical (unpaired) electrons. The number of nitrogens with one attached hydrogen (secondary N) is 1. The Kier molecular flexibility index (Phi) is 3.39. The fourth-order valence-corrected chi connectivity index (χ4v) is 1.55. The number of methoxy groups -OCH3 is 1. The minimum absolute atomic E-state index is 0.425. The number of fused-ring (bicyclic) bond motifs is 1. The van der Waals surface area contributed by atoms with Crippen molar-refractivity contribution in [2.75, 3.05) is 19.0 Å². The summed E-state index contributed by atoms with van der Waals surface area (Å²) >= 11 is 0. The summed E-state index contributed by atoms with van der Waals surface area (Å²) in [5.41, 5.74) is 0.842. The van der Waals surface area contributed by atoms with Crippen LogP contribution in [-0.2, 0) is 0 Å². The largest absolute Gasteiger partial charge is 0.497 e. The number of rotatable bonds is 4. The zero-order valence-electron chi connectivity index (χ0n) is 9.84. The first-order valence-corrected chi connectivity index (χ1v) is 5.41. The number of aliphatic hydroxyl groups is 1. The van der Waals surface area contributed by atoms with Crippen LogP contribution in [0, 0.1) is 0 Å². The summed E-state index contributed by atoms with van der Waals surface area (Å²) in [6.45, 7) is 2.17. The van der Waals surface area contributed by atoms with E-state index < -0.39 is 6.10 Å². The minimum Gasteiger partial charge on any atom is -0.497 e. The van der Waals surface area contributed by atoms with Crippen LogP contribution >= 0.6 is 0 Å². The van der Waals surface area contributed by atoms with Crippen LogP contribution in [0.4, 0.5) is 5.82 Å². The molecule has 2 aromatic rings. The minimum atomic E-state index is -0.425. The zero-order valence-corrected chi connectivity index (χ0v) is 9.84. The number of aromatic nitrogens is 2. The van der Waals surface area contributed by atoms with Crippen LogP contribution in [0.3, 0.4) is 0 Å². The first-order chi connectivity index (χ1) is 8.20. The van der Waals surface area contributed by atoms with Crippen LogP contribution in [0.15, 0.2) is 24.5 Å². The lowest BCUT2D eigenvalue weighted by Gasteiger charge is -2.10. The predicted molar refractivity (Wildman–Crippen MR) is 66.3 cm³/mol. The molecular weight excluding hydrogens is 218 g/mol. The summed E-state index contributed by atoms with van der Waals surface area (Å²) in [7, 11) is 1.62. The van der Waals surface area contributed by atoms with Crippen LogP contribution in [0.5, 0.6) is 5.75 Å². The van der Waals surface area contributed by atoms with Crippen molar-refractivity contribution in [2.24, 2.45) is 0 Å². The van der Waals surface area contributed by atoms with Crippen LogP contribution < -0.4 is 10.1 Å². The van der Waals surface area contributed by atoms with Crippen LogP contribution in [-0.4, -0.2) is 34.8 Å². The van der Waals surface area contributed by atoms with Gasteiger partial charge in [-0.25, -0.2) is 9.97 Å². The molecule has 17 heavy (non-hydrogen) atoms. The zero-order chi connectivity index (χ0) is 12.3. The molecule has 0 amide bonds. The molecule has 0 fully saturated rings. The molecule has 0 saturated carbocycles. The van der Waals surface area contributed by atoms with E-state index in [2.05, 4.69) is 15.3 Å². The standard InChI is InChI=1S/C12H15N3O2/c1-8(16)6-13-12-10-5-9(17-2)3-4-11(10)14-7-15-12/h3-5,7-8,16H,6H2,1-2H3,(H,13,14,15). The highest BCUT2D eigenvalue weighted by atomic mass is 16.5. The molecule has 1 aromatic heterocycles. The molecule has 0 saturated heterocycles. The van der Waals surface area contributed by atoms with Crippen molar-refractivity contribution in [3.8, 4) is 5.75 Å². The van der Waals surface area contributed by atoms with Crippen LogP contribution in [0.25, 0.3) is 10.9 Å². The molecule has 5 heteroatoms. The normalized spacial score (nSPS) is 12.4.